The Labute approximate surface area is 99.2 Å². The van der Waals surface area contributed by atoms with Crippen LogP contribution in [0.15, 0.2) is 23.6 Å². The van der Waals surface area contributed by atoms with Gasteiger partial charge in [-0.15, -0.1) is 11.3 Å². The Hall–Kier alpha value is -1.06. The van der Waals surface area contributed by atoms with Crippen LogP contribution in [-0.2, 0) is 0 Å². The Morgan fingerprint density at radius 3 is 3.19 bits per heavy atom. The second kappa shape index (κ2) is 4.07. The molecule has 0 amide bonds. The fraction of sp³-hybridized carbons (Fsp3) is 0.385. The maximum Gasteiger partial charge on any atom is 0.137 e. The van der Waals surface area contributed by atoms with Crippen LogP contribution in [0.2, 0.25) is 0 Å². The molecule has 84 valence electrons. The Balaban J connectivity index is 1.96. The molecular formula is C13H15NOS. The Morgan fingerprint density at radius 1 is 1.44 bits per heavy atom. The summed E-state index contributed by atoms with van der Waals surface area (Å²) in [5, 5.41) is 6.85. The van der Waals surface area contributed by atoms with Crippen LogP contribution in [0.4, 0.5) is 0 Å². The number of nitrogens with one attached hydrogen (secondary N) is 1. The predicted molar refractivity (Wildman–Crippen MR) is 68.5 cm³/mol. The molecule has 1 aromatic heterocycles. The minimum atomic E-state index is 0.341. The Morgan fingerprint density at radius 2 is 2.38 bits per heavy atom. The fourth-order valence-electron chi connectivity index (χ4n) is 2.16. The van der Waals surface area contributed by atoms with E-state index >= 15 is 0 Å². The number of aryl methyl sites for hydroxylation is 1. The molecule has 1 atom stereocenters. The first kappa shape index (κ1) is 10.1. The smallest absolute Gasteiger partial charge is 0.137 e. The van der Waals surface area contributed by atoms with Gasteiger partial charge < -0.3 is 10.1 Å². The number of rotatable bonds is 2. The summed E-state index contributed by atoms with van der Waals surface area (Å²) in [4.78, 5) is 0. The van der Waals surface area contributed by atoms with Crippen LogP contribution >= 0.6 is 11.3 Å². The molecular weight excluding hydrogens is 218 g/mol. The first-order chi connectivity index (χ1) is 7.84. The van der Waals surface area contributed by atoms with Crippen molar-refractivity contribution in [1.82, 2.24) is 5.32 Å². The molecule has 1 aliphatic heterocycles. The first-order valence-electron chi connectivity index (χ1n) is 5.69. The molecule has 3 heteroatoms. The van der Waals surface area contributed by atoms with E-state index in [0.29, 0.717) is 6.10 Å². The minimum absolute atomic E-state index is 0.341. The number of thiophene rings is 1. The standard InChI is InChI=1S/C13H15NOS/c1-9-8-16-13-11(9)3-2-4-12(13)15-10-5-6-14-7-10/h2-4,8,10,14H,5-7H2,1H3. The molecule has 0 saturated carbocycles. The van der Waals surface area contributed by atoms with Crippen LogP contribution in [0.3, 0.4) is 0 Å². The van der Waals surface area contributed by atoms with Crippen molar-refractivity contribution < 1.29 is 4.74 Å². The van der Waals surface area contributed by atoms with Gasteiger partial charge in [-0.3, -0.25) is 0 Å². The van der Waals surface area contributed by atoms with E-state index in [-0.39, 0.29) is 0 Å². The molecule has 1 N–H and O–H groups in total. The van der Waals surface area contributed by atoms with Crippen LogP contribution in [0.25, 0.3) is 10.1 Å². The molecule has 0 bridgehead atoms. The SMILES string of the molecule is Cc1csc2c(OC3CCNC3)cccc12. The highest BCUT2D eigenvalue weighted by atomic mass is 32.1. The van der Waals surface area contributed by atoms with E-state index in [4.69, 9.17) is 4.74 Å². The van der Waals surface area contributed by atoms with E-state index in [0.717, 1.165) is 25.3 Å². The monoisotopic (exact) mass is 233 g/mol. The highest BCUT2D eigenvalue weighted by molar-refractivity contribution is 7.17. The lowest BCUT2D eigenvalue weighted by Crippen LogP contribution is -2.19. The third kappa shape index (κ3) is 1.70. The van der Waals surface area contributed by atoms with Crippen LogP contribution in [-0.4, -0.2) is 19.2 Å². The highest BCUT2D eigenvalue weighted by Gasteiger charge is 2.17. The van der Waals surface area contributed by atoms with Crippen molar-refractivity contribution in [1.29, 1.82) is 0 Å². The van der Waals surface area contributed by atoms with Crippen molar-refractivity contribution in [3.8, 4) is 5.75 Å². The third-order valence-electron chi connectivity index (χ3n) is 3.07. The average molecular weight is 233 g/mol. The quantitative estimate of drug-likeness (QED) is 0.861. The lowest BCUT2D eigenvalue weighted by Gasteiger charge is -2.13. The molecule has 3 rings (SSSR count). The zero-order valence-electron chi connectivity index (χ0n) is 9.32. The van der Waals surface area contributed by atoms with E-state index in [1.807, 2.05) is 0 Å². The lowest BCUT2D eigenvalue weighted by molar-refractivity contribution is 0.226. The van der Waals surface area contributed by atoms with Crippen molar-refractivity contribution in [3.63, 3.8) is 0 Å². The number of hydrogen-bond donors (Lipinski definition) is 1. The van der Waals surface area contributed by atoms with Crippen LogP contribution in [0.5, 0.6) is 5.75 Å². The van der Waals surface area contributed by atoms with Gasteiger partial charge in [-0.2, -0.15) is 0 Å². The second-order valence-electron chi connectivity index (χ2n) is 4.28. The van der Waals surface area contributed by atoms with E-state index in [2.05, 4.69) is 35.8 Å². The van der Waals surface area contributed by atoms with Gasteiger partial charge in [0.2, 0.25) is 0 Å². The number of fused-ring (bicyclic) bond motifs is 1. The van der Waals surface area contributed by atoms with E-state index < -0.39 is 0 Å². The van der Waals surface area contributed by atoms with Crippen molar-refractivity contribution in [2.24, 2.45) is 0 Å². The molecule has 1 saturated heterocycles. The zero-order valence-corrected chi connectivity index (χ0v) is 10.1. The number of hydrogen-bond acceptors (Lipinski definition) is 3. The average Bonchev–Trinajstić information content (AvgIpc) is 2.90. The normalized spacial score (nSPS) is 20.4. The van der Waals surface area contributed by atoms with Gasteiger partial charge in [0.25, 0.3) is 0 Å². The zero-order chi connectivity index (χ0) is 11.0. The van der Waals surface area contributed by atoms with Gasteiger partial charge in [0.1, 0.15) is 11.9 Å². The van der Waals surface area contributed by atoms with Crippen molar-refractivity contribution in [3.05, 3.63) is 29.1 Å². The summed E-state index contributed by atoms with van der Waals surface area (Å²) in [7, 11) is 0. The molecule has 1 fully saturated rings. The second-order valence-corrected chi connectivity index (χ2v) is 5.16. The first-order valence-corrected chi connectivity index (χ1v) is 6.57. The molecule has 0 spiro atoms. The number of benzene rings is 1. The number of ether oxygens (including phenoxy) is 1. The predicted octanol–water partition coefficient (Wildman–Crippen LogP) is 2.95. The molecule has 1 unspecified atom stereocenters. The highest BCUT2D eigenvalue weighted by Crippen LogP contribution is 2.34. The summed E-state index contributed by atoms with van der Waals surface area (Å²) >= 11 is 1.78. The summed E-state index contributed by atoms with van der Waals surface area (Å²) in [6.07, 6.45) is 1.45. The summed E-state index contributed by atoms with van der Waals surface area (Å²) in [5.74, 6) is 1.05. The molecule has 0 aliphatic carbocycles. The van der Waals surface area contributed by atoms with Crippen molar-refractivity contribution >= 4 is 21.4 Å². The maximum atomic E-state index is 6.05. The Bertz CT molecular complexity index is 500. The van der Waals surface area contributed by atoms with Crippen molar-refractivity contribution in [2.45, 2.75) is 19.4 Å². The van der Waals surface area contributed by atoms with E-state index in [9.17, 15) is 0 Å². The van der Waals surface area contributed by atoms with E-state index in [1.54, 1.807) is 11.3 Å². The molecule has 2 nitrogen and oxygen atoms in total. The summed E-state index contributed by atoms with van der Waals surface area (Å²) < 4.78 is 7.33. The molecule has 1 aliphatic rings. The topological polar surface area (TPSA) is 21.3 Å². The molecule has 2 aromatic rings. The molecule has 16 heavy (non-hydrogen) atoms. The van der Waals surface area contributed by atoms with Gasteiger partial charge in [-0.1, -0.05) is 12.1 Å². The van der Waals surface area contributed by atoms with Gasteiger partial charge in [0, 0.05) is 6.54 Å². The van der Waals surface area contributed by atoms with Crippen LogP contribution in [0.1, 0.15) is 12.0 Å². The molecule has 1 aromatic carbocycles. The van der Waals surface area contributed by atoms with Gasteiger partial charge >= 0.3 is 0 Å². The van der Waals surface area contributed by atoms with Gasteiger partial charge in [0.15, 0.2) is 0 Å². The van der Waals surface area contributed by atoms with Gasteiger partial charge in [0.05, 0.1) is 4.70 Å². The Kier molecular flexibility index (Phi) is 2.58. The van der Waals surface area contributed by atoms with Crippen LogP contribution in [0, 0.1) is 6.92 Å². The van der Waals surface area contributed by atoms with Gasteiger partial charge in [-0.25, -0.2) is 0 Å². The summed E-state index contributed by atoms with van der Waals surface area (Å²) in [6, 6.07) is 6.33. The largest absolute Gasteiger partial charge is 0.488 e. The third-order valence-corrected chi connectivity index (χ3v) is 4.19. The summed E-state index contributed by atoms with van der Waals surface area (Å²) in [6.45, 7) is 4.20. The van der Waals surface area contributed by atoms with Crippen molar-refractivity contribution in [2.75, 3.05) is 13.1 Å². The molecule has 0 radical (unpaired) electrons. The summed E-state index contributed by atoms with van der Waals surface area (Å²) in [5.41, 5.74) is 1.34. The van der Waals surface area contributed by atoms with Gasteiger partial charge in [-0.05, 0) is 42.3 Å². The minimum Gasteiger partial charge on any atom is -0.488 e. The fourth-order valence-corrected chi connectivity index (χ4v) is 3.17. The molecule has 2 heterocycles. The lowest BCUT2D eigenvalue weighted by atomic mass is 10.2. The van der Waals surface area contributed by atoms with E-state index in [1.165, 1.54) is 15.6 Å². The van der Waals surface area contributed by atoms with Crippen LogP contribution < -0.4 is 10.1 Å². The maximum absolute atomic E-state index is 6.05.